The number of aliphatic hydroxyl groups is 1. The van der Waals surface area contributed by atoms with Gasteiger partial charge in [-0.2, -0.15) is 0 Å². The van der Waals surface area contributed by atoms with E-state index in [-0.39, 0.29) is 12.1 Å². The van der Waals surface area contributed by atoms with Crippen LogP contribution in [0.2, 0.25) is 0 Å². The first kappa shape index (κ1) is 11.3. The normalized spacial score (nSPS) is 16.8. The number of benzene rings is 1. The molecular formula is C14H17N3O. The highest BCUT2D eigenvalue weighted by atomic mass is 16.3. The fourth-order valence-electron chi connectivity index (χ4n) is 2.24. The quantitative estimate of drug-likeness (QED) is 0.722. The molecule has 0 radical (unpaired) electrons. The third-order valence-corrected chi connectivity index (χ3v) is 3.52. The van der Waals surface area contributed by atoms with Crippen molar-refractivity contribution in [3.05, 3.63) is 30.0 Å². The van der Waals surface area contributed by atoms with Gasteiger partial charge in [-0.1, -0.05) is 0 Å². The highest BCUT2D eigenvalue weighted by molar-refractivity contribution is 5.94. The molecule has 0 amide bonds. The molecule has 2 aromatic rings. The Morgan fingerprint density at radius 3 is 2.83 bits per heavy atom. The van der Waals surface area contributed by atoms with Crippen molar-refractivity contribution in [2.45, 2.75) is 25.3 Å². The zero-order valence-electron chi connectivity index (χ0n) is 10.4. The molecule has 1 aliphatic carbocycles. The second-order valence-corrected chi connectivity index (χ2v) is 5.15. The molecule has 94 valence electrons. The van der Waals surface area contributed by atoms with Crippen molar-refractivity contribution < 1.29 is 5.11 Å². The summed E-state index contributed by atoms with van der Waals surface area (Å²) >= 11 is 0. The number of nitrogens with one attached hydrogen (secondary N) is 1. The van der Waals surface area contributed by atoms with Crippen molar-refractivity contribution in [1.29, 1.82) is 0 Å². The van der Waals surface area contributed by atoms with Crippen LogP contribution in [-0.4, -0.2) is 22.2 Å². The lowest BCUT2D eigenvalue weighted by Crippen LogP contribution is -2.25. The highest BCUT2D eigenvalue weighted by Gasteiger charge is 2.42. The molecule has 1 fully saturated rings. The Morgan fingerprint density at radius 2 is 2.17 bits per heavy atom. The molecule has 18 heavy (non-hydrogen) atoms. The second-order valence-electron chi connectivity index (χ2n) is 5.15. The maximum absolute atomic E-state index is 9.41. The van der Waals surface area contributed by atoms with Crippen LogP contribution in [0.25, 0.3) is 10.9 Å². The number of hydrogen-bond donors (Lipinski definition) is 3. The summed E-state index contributed by atoms with van der Waals surface area (Å²) in [6.07, 6.45) is 2.02. The number of aryl methyl sites for hydroxylation is 1. The van der Waals surface area contributed by atoms with E-state index in [1.54, 1.807) is 0 Å². The Morgan fingerprint density at radius 1 is 1.39 bits per heavy atom. The number of pyridine rings is 1. The predicted molar refractivity (Wildman–Crippen MR) is 73.6 cm³/mol. The molecule has 1 aromatic carbocycles. The molecule has 4 nitrogen and oxygen atoms in total. The fraction of sp³-hybridized carbons (Fsp3) is 0.357. The van der Waals surface area contributed by atoms with E-state index in [2.05, 4.69) is 10.3 Å². The lowest BCUT2D eigenvalue weighted by molar-refractivity contribution is 0.266. The predicted octanol–water partition coefficient (Wildman–Crippen LogP) is 2.06. The van der Waals surface area contributed by atoms with Crippen molar-refractivity contribution in [2.75, 3.05) is 17.7 Å². The van der Waals surface area contributed by atoms with E-state index in [1.807, 2.05) is 31.2 Å². The van der Waals surface area contributed by atoms with E-state index in [1.165, 1.54) is 0 Å². The van der Waals surface area contributed by atoms with Gasteiger partial charge in [0.25, 0.3) is 0 Å². The topological polar surface area (TPSA) is 71.2 Å². The molecule has 0 saturated heterocycles. The van der Waals surface area contributed by atoms with Crippen LogP contribution in [-0.2, 0) is 0 Å². The lowest BCUT2D eigenvalue weighted by Gasteiger charge is -2.18. The van der Waals surface area contributed by atoms with Gasteiger partial charge in [0.2, 0.25) is 0 Å². The molecule has 1 aromatic heterocycles. The molecule has 0 aliphatic heterocycles. The van der Waals surface area contributed by atoms with Gasteiger partial charge < -0.3 is 16.2 Å². The largest absolute Gasteiger partial charge is 0.399 e. The first-order chi connectivity index (χ1) is 8.62. The molecule has 0 unspecified atom stereocenters. The Kier molecular flexibility index (Phi) is 2.41. The summed E-state index contributed by atoms with van der Waals surface area (Å²) in [5.41, 5.74) is 9.33. The molecule has 0 spiro atoms. The van der Waals surface area contributed by atoms with Gasteiger partial charge in [-0.15, -0.1) is 0 Å². The van der Waals surface area contributed by atoms with Gasteiger partial charge in [-0.25, -0.2) is 0 Å². The Hall–Kier alpha value is -1.81. The van der Waals surface area contributed by atoms with Crippen LogP contribution in [0.3, 0.4) is 0 Å². The molecule has 3 rings (SSSR count). The van der Waals surface area contributed by atoms with E-state index < -0.39 is 0 Å². The number of rotatable bonds is 3. The number of aliphatic hydroxyl groups excluding tert-OH is 1. The smallest absolute Gasteiger partial charge is 0.0727 e. The molecular weight excluding hydrogens is 226 g/mol. The third-order valence-electron chi connectivity index (χ3n) is 3.52. The van der Waals surface area contributed by atoms with Crippen LogP contribution in [0.1, 0.15) is 18.5 Å². The van der Waals surface area contributed by atoms with Gasteiger partial charge in [-0.05, 0) is 44.0 Å². The Labute approximate surface area is 106 Å². The number of anilines is 2. The minimum Gasteiger partial charge on any atom is -0.399 e. The van der Waals surface area contributed by atoms with Crippen LogP contribution >= 0.6 is 0 Å². The van der Waals surface area contributed by atoms with E-state index >= 15 is 0 Å². The highest BCUT2D eigenvalue weighted by Crippen LogP contribution is 2.40. The molecule has 1 saturated carbocycles. The average Bonchev–Trinajstić information content (AvgIpc) is 3.10. The maximum Gasteiger partial charge on any atom is 0.0727 e. The minimum absolute atomic E-state index is 0.134. The average molecular weight is 243 g/mol. The van der Waals surface area contributed by atoms with Crippen molar-refractivity contribution in [3.63, 3.8) is 0 Å². The van der Waals surface area contributed by atoms with Crippen molar-refractivity contribution in [1.82, 2.24) is 4.98 Å². The van der Waals surface area contributed by atoms with Crippen molar-refractivity contribution in [3.8, 4) is 0 Å². The molecule has 0 atom stereocenters. The third kappa shape index (κ3) is 1.88. The summed E-state index contributed by atoms with van der Waals surface area (Å²) in [5.74, 6) is 0. The van der Waals surface area contributed by atoms with Gasteiger partial charge in [0.1, 0.15) is 0 Å². The molecule has 1 heterocycles. The van der Waals surface area contributed by atoms with Gasteiger partial charge in [-0.3, -0.25) is 4.98 Å². The van der Waals surface area contributed by atoms with Crippen LogP contribution in [0.15, 0.2) is 24.3 Å². The van der Waals surface area contributed by atoms with Crippen LogP contribution < -0.4 is 11.1 Å². The summed E-state index contributed by atoms with van der Waals surface area (Å²) in [4.78, 5) is 4.50. The SMILES string of the molecule is Cc1cc(NC2(CO)CC2)c2cc(N)ccc2n1. The standard InChI is InChI=1S/C14H17N3O/c1-9-6-13(17-14(8-18)4-5-14)11-7-10(15)2-3-12(11)16-9/h2-3,6-7,18H,4-5,8,15H2,1H3,(H,16,17). The molecule has 4 N–H and O–H groups in total. The van der Waals surface area contributed by atoms with E-state index in [0.29, 0.717) is 0 Å². The van der Waals surface area contributed by atoms with Crippen LogP contribution in [0.5, 0.6) is 0 Å². The van der Waals surface area contributed by atoms with E-state index in [0.717, 1.165) is 40.8 Å². The van der Waals surface area contributed by atoms with Crippen molar-refractivity contribution in [2.24, 2.45) is 0 Å². The number of nitrogen functional groups attached to an aromatic ring is 1. The number of fused-ring (bicyclic) bond motifs is 1. The zero-order valence-corrected chi connectivity index (χ0v) is 10.4. The number of nitrogens with zero attached hydrogens (tertiary/aromatic N) is 1. The Bertz CT molecular complexity index is 605. The zero-order chi connectivity index (χ0) is 12.8. The van der Waals surface area contributed by atoms with Crippen LogP contribution in [0, 0.1) is 6.92 Å². The van der Waals surface area contributed by atoms with Gasteiger partial charge in [0.05, 0.1) is 17.7 Å². The summed E-state index contributed by atoms with van der Waals surface area (Å²) < 4.78 is 0. The fourth-order valence-corrected chi connectivity index (χ4v) is 2.24. The number of nitrogens with two attached hydrogens (primary N) is 1. The monoisotopic (exact) mass is 243 g/mol. The first-order valence-electron chi connectivity index (χ1n) is 6.18. The summed E-state index contributed by atoms with van der Waals surface area (Å²) in [6, 6.07) is 7.73. The summed E-state index contributed by atoms with van der Waals surface area (Å²) in [6.45, 7) is 2.14. The number of hydrogen-bond acceptors (Lipinski definition) is 4. The van der Waals surface area contributed by atoms with Crippen LogP contribution in [0.4, 0.5) is 11.4 Å². The molecule has 1 aliphatic rings. The minimum atomic E-state index is -0.134. The maximum atomic E-state index is 9.41. The van der Waals surface area contributed by atoms with Gasteiger partial charge >= 0.3 is 0 Å². The van der Waals surface area contributed by atoms with Gasteiger partial charge in [0, 0.05) is 22.5 Å². The lowest BCUT2D eigenvalue weighted by atomic mass is 10.1. The van der Waals surface area contributed by atoms with Gasteiger partial charge in [0.15, 0.2) is 0 Å². The summed E-state index contributed by atoms with van der Waals surface area (Å²) in [7, 11) is 0. The van der Waals surface area contributed by atoms with E-state index in [4.69, 9.17) is 5.73 Å². The second kappa shape index (κ2) is 3.85. The Balaban J connectivity index is 2.11. The molecule has 4 heteroatoms. The molecule has 0 bridgehead atoms. The first-order valence-corrected chi connectivity index (χ1v) is 6.18. The van der Waals surface area contributed by atoms with Crippen molar-refractivity contribution >= 4 is 22.3 Å². The van der Waals surface area contributed by atoms with E-state index in [9.17, 15) is 5.11 Å². The number of aromatic nitrogens is 1. The summed E-state index contributed by atoms with van der Waals surface area (Å²) in [5, 5.41) is 13.9.